The molecule has 0 saturated carbocycles. The highest BCUT2D eigenvalue weighted by atomic mass is 19.1. The molecule has 100 valence electrons. The molecule has 3 heteroatoms. The molecule has 0 aliphatic rings. The SMILES string of the molecule is COc1ccc(Cc2ccc3ncccc3c2)cc1F. The summed E-state index contributed by atoms with van der Waals surface area (Å²) in [4.78, 5) is 4.29. The van der Waals surface area contributed by atoms with E-state index in [9.17, 15) is 4.39 Å². The van der Waals surface area contributed by atoms with Gasteiger partial charge in [0.25, 0.3) is 0 Å². The average Bonchev–Trinajstić information content (AvgIpc) is 2.47. The summed E-state index contributed by atoms with van der Waals surface area (Å²) in [5, 5.41) is 1.10. The highest BCUT2D eigenvalue weighted by Crippen LogP contribution is 2.21. The van der Waals surface area contributed by atoms with Crippen molar-refractivity contribution < 1.29 is 9.13 Å². The van der Waals surface area contributed by atoms with Gasteiger partial charge in [0.2, 0.25) is 0 Å². The maximum atomic E-state index is 13.7. The first-order valence-electron chi connectivity index (χ1n) is 6.42. The molecule has 0 fully saturated rings. The molecule has 1 heterocycles. The molecule has 2 nitrogen and oxygen atoms in total. The Labute approximate surface area is 116 Å². The highest BCUT2D eigenvalue weighted by molar-refractivity contribution is 5.79. The largest absolute Gasteiger partial charge is 0.494 e. The van der Waals surface area contributed by atoms with Gasteiger partial charge >= 0.3 is 0 Å². The van der Waals surface area contributed by atoms with Crippen molar-refractivity contribution in [1.82, 2.24) is 4.98 Å². The van der Waals surface area contributed by atoms with E-state index in [4.69, 9.17) is 4.74 Å². The lowest BCUT2D eigenvalue weighted by Crippen LogP contribution is -1.93. The number of hydrogen-bond acceptors (Lipinski definition) is 2. The molecule has 0 N–H and O–H groups in total. The van der Waals surface area contributed by atoms with Gasteiger partial charge in [-0.2, -0.15) is 0 Å². The lowest BCUT2D eigenvalue weighted by atomic mass is 10.0. The summed E-state index contributed by atoms with van der Waals surface area (Å²) >= 11 is 0. The third-order valence-electron chi connectivity index (χ3n) is 3.29. The number of nitrogens with zero attached hydrogens (tertiary/aromatic N) is 1. The third-order valence-corrected chi connectivity index (χ3v) is 3.29. The standard InChI is InChI=1S/C17H14FNO/c1-20-17-7-5-13(11-15(17)18)9-12-4-6-16-14(10-12)3-2-8-19-16/h2-8,10-11H,9H2,1H3. The second-order valence-corrected chi connectivity index (χ2v) is 4.68. The van der Waals surface area contributed by atoms with E-state index < -0.39 is 0 Å². The number of methoxy groups -OCH3 is 1. The van der Waals surface area contributed by atoms with Crippen molar-refractivity contribution in [1.29, 1.82) is 0 Å². The van der Waals surface area contributed by atoms with E-state index in [2.05, 4.69) is 11.1 Å². The van der Waals surface area contributed by atoms with Crippen molar-refractivity contribution in [3.8, 4) is 5.75 Å². The van der Waals surface area contributed by atoms with Gasteiger partial charge in [-0.15, -0.1) is 0 Å². The molecule has 3 rings (SSSR count). The Morgan fingerprint density at radius 3 is 2.65 bits per heavy atom. The number of benzene rings is 2. The fraction of sp³-hybridized carbons (Fsp3) is 0.118. The van der Waals surface area contributed by atoms with E-state index in [-0.39, 0.29) is 11.6 Å². The third kappa shape index (κ3) is 2.48. The summed E-state index contributed by atoms with van der Waals surface area (Å²) in [6, 6.07) is 15.1. The number of rotatable bonds is 3. The van der Waals surface area contributed by atoms with Crippen LogP contribution in [-0.4, -0.2) is 12.1 Å². The Bertz CT molecular complexity index is 755. The van der Waals surface area contributed by atoms with E-state index in [1.807, 2.05) is 30.3 Å². The number of halogens is 1. The summed E-state index contributed by atoms with van der Waals surface area (Å²) in [5.41, 5.74) is 3.03. The zero-order valence-corrected chi connectivity index (χ0v) is 11.1. The molecule has 0 saturated heterocycles. The Morgan fingerprint density at radius 1 is 1.05 bits per heavy atom. The monoisotopic (exact) mass is 267 g/mol. The van der Waals surface area contributed by atoms with Crippen molar-refractivity contribution in [3.05, 3.63) is 71.7 Å². The minimum absolute atomic E-state index is 0.275. The molecule has 0 unspecified atom stereocenters. The van der Waals surface area contributed by atoms with Crippen molar-refractivity contribution in [2.24, 2.45) is 0 Å². The van der Waals surface area contributed by atoms with Crippen LogP contribution in [0.5, 0.6) is 5.75 Å². The van der Waals surface area contributed by atoms with Gasteiger partial charge in [0.05, 0.1) is 12.6 Å². The fourth-order valence-corrected chi connectivity index (χ4v) is 2.29. The van der Waals surface area contributed by atoms with Crippen LogP contribution in [0.25, 0.3) is 10.9 Å². The van der Waals surface area contributed by atoms with Crippen LogP contribution < -0.4 is 4.74 Å². The van der Waals surface area contributed by atoms with E-state index in [0.717, 1.165) is 22.0 Å². The lowest BCUT2D eigenvalue weighted by Gasteiger charge is -2.06. The molecule has 20 heavy (non-hydrogen) atoms. The van der Waals surface area contributed by atoms with Crippen LogP contribution in [0.3, 0.4) is 0 Å². The molecular weight excluding hydrogens is 253 g/mol. The fourth-order valence-electron chi connectivity index (χ4n) is 2.29. The van der Waals surface area contributed by atoms with E-state index in [1.165, 1.54) is 13.2 Å². The van der Waals surface area contributed by atoms with E-state index in [0.29, 0.717) is 6.42 Å². The number of ether oxygens (including phenoxy) is 1. The second-order valence-electron chi connectivity index (χ2n) is 4.68. The highest BCUT2D eigenvalue weighted by Gasteiger charge is 2.05. The van der Waals surface area contributed by atoms with Crippen molar-refractivity contribution in [3.63, 3.8) is 0 Å². The first-order valence-corrected chi connectivity index (χ1v) is 6.42. The topological polar surface area (TPSA) is 22.1 Å². The maximum Gasteiger partial charge on any atom is 0.165 e. The summed E-state index contributed by atoms with van der Waals surface area (Å²) < 4.78 is 18.6. The van der Waals surface area contributed by atoms with Crippen LogP contribution in [-0.2, 0) is 6.42 Å². The van der Waals surface area contributed by atoms with Gasteiger partial charge in [0, 0.05) is 11.6 Å². The zero-order valence-electron chi connectivity index (χ0n) is 11.1. The van der Waals surface area contributed by atoms with Gasteiger partial charge in [0.15, 0.2) is 11.6 Å². The Balaban J connectivity index is 1.90. The molecule has 0 spiro atoms. The Hall–Kier alpha value is -2.42. The first-order chi connectivity index (χ1) is 9.76. The van der Waals surface area contributed by atoms with Crippen LogP contribution in [0, 0.1) is 5.82 Å². The van der Waals surface area contributed by atoms with Gasteiger partial charge in [-0.25, -0.2) is 4.39 Å². The van der Waals surface area contributed by atoms with Crippen LogP contribution in [0.2, 0.25) is 0 Å². The summed E-state index contributed by atoms with van der Waals surface area (Å²) in [7, 11) is 1.47. The van der Waals surface area contributed by atoms with E-state index in [1.54, 1.807) is 12.3 Å². The summed E-state index contributed by atoms with van der Waals surface area (Å²) in [5.74, 6) is -0.0519. The molecule has 0 aliphatic heterocycles. The zero-order chi connectivity index (χ0) is 13.9. The van der Waals surface area contributed by atoms with Gasteiger partial charge in [-0.05, 0) is 47.9 Å². The Kier molecular flexibility index (Phi) is 3.33. The molecule has 0 amide bonds. The van der Waals surface area contributed by atoms with Gasteiger partial charge in [-0.3, -0.25) is 4.98 Å². The molecule has 1 aromatic heterocycles. The van der Waals surface area contributed by atoms with Gasteiger partial charge in [0.1, 0.15) is 0 Å². The normalized spacial score (nSPS) is 10.7. The molecule has 0 radical (unpaired) electrons. The lowest BCUT2D eigenvalue weighted by molar-refractivity contribution is 0.386. The average molecular weight is 267 g/mol. The molecule has 0 aliphatic carbocycles. The summed E-state index contributed by atoms with van der Waals surface area (Å²) in [6.07, 6.45) is 2.46. The number of aromatic nitrogens is 1. The van der Waals surface area contributed by atoms with Crippen LogP contribution in [0.15, 0.2) is 54.7 Å². The second kappa shape index (κ2) is 5.29. The smallest absolute Gasteiger partial charge is 0.165 e. The van der Waals surface area contributed by atoms with Crippen LogP contribution in [0.4, 0.5) is 4.39 Å². The predicted molar refractivity (Wildman–Crippen MR) is 77.5 cm³/mol. The number of fused-ring (bicyclic) bond motifs is 1. The van der Waals surface area contributed by atoms with Gasteiger partial charge in [-0.1, -0.05) is 18.2 Å². The van der Waals surface area contributed by atoms with E-state index >= 15 is 0 Å². The summed E-state index contributed by atoms with van der Waals surface area (Å²) in [6.45, 7) is 0. The maximum absolute atomic E-state index is 13.7. The molecule has 0 bridgehead atoms. The number of pyridine rings is 1. The van der Waals surface area contributed by atoms with Gasteiger partial charge < -0.3 is 4.74 Å². The molecular formula is C17H14FNO. The molecule has 0 atom stereocenters. The first kappa shape index (κ1) is 12.6. The minimum Gasteiger partial charge on any atom is -0.494 e. The van der Waals surface area contributed by atoms with Crippen molar-refractivity contribution >= 4 is 10.9 Å². The van der Waals surface area contributed by atoms with Crippen molar-refractivity contribution in [2.45, 2.75) is 6.42 Å². The predicted octanol–water partition coefficient (Wildman–Crippen LogP) is 3.97. The Morgan fingerprint density at radius 2 is 1.85 bits per heavy atom. The quantitative estimate of drug-likeness (QED) is 0.716. The number of hydrogen-bond donors (Lipinski definition) is 0. The minimum atomic E-state index is -0.326. The van der Waals surface area contributed by atoms with Crippen molar-refractivity contribution in [2.75, 3.05) is 7.11 Å². The molecule has 2 aromatic carbocycles. The van der Waals surface area contributed by atoms with Crippen LogP contribution >= 0.6 is 0 Å². The van der Waals surface area contributed by atoms with Crippen LogP contribution in [0.1, 0.15) is 11.1 Å². The molecule has 3 aromatic rings.